The maximum absolute atomic E-state index is 13.7. The second kappa shape index (κ2) is 7.28. The summed E-state index contributed by atoms with van der Waals surface area (Å²) in [7, 11) is -3.98. The van der Waals surface area contributed by atoms with Gasteiger partial charge in [0.2, 0.25) is 5.13 Å². The van der Waals surface area contributed by atoms with E-state index in [1.54, 1.807) is 0 Å². The fraction of sp³-hybridized carbons (Fsp3) is 0.167. The first-order valence-corrected chi connectivity index (χ1v) is 10.7. The Hall–Kier alpha value is -2.85. The van der Waals surface area contributed by atoms with Crippen LogP contribution in [0.15, 0.2) is 53.4 Å². The molecule has 0 bridgehead atoms. The molecule has 1 saturated carbocycles. The van der Waals surface area contributed by atoms with Crippen molar-refractivity contribution in [3.8, 4) is 0 Å². The van der Waals surface area contributed by atoms with Crippen molar-refractivity contribution in [2.24, 2.45) is 0 Å². The number of carbonyl (C=O) groups excluding carboxylic acids is 1. The average Bonchev–Trinajstić information content (AvgIpc) is 3.43. The van der Waals surface area contributed by atoms with E-state index in [9.17, 15) is 17.6 Å². The lowest BCUT2D eigenvalue weighted by Crippen LogP contribution is -2.15. The molecule has 144 valence electrons. The molecular formula is C18H15FN4O3S2. The van der Waals surface area contributed by atoms with Crippen LogP contribution in [0.1, 0.15) is 34.1 Å². The van der Waals surface area contributed by atoms with Gasteiger partial charge in [-0.3, -0.25) is 14.8 Å². The molecule has 4 rings (SSSR count). The minimum Gasteiger partial charge on any atom is -0.296 e. The summed E-state index contributed by atoms with van der Waals surface area (Å²) in [6.45, 7) is 0. The van der Waals surface area contributed by atoms with Crippen LogP contribution in [0.2, 0.25) is 0 Å². The summed E-state index contributed by atoms with van der Waals surface area (Å²) in [4.78, 5) is 12.2. The van der Waals surface area contributed by atoms with E-state index < -0.39 is 21.7 Å². The van der Waals surface area contributed by atoms with E-state index >= 15 is 0 Å². The molecule has 0 spiro atoms. The molecule has 1 amide bonds. The first-order chi connectivity index (χ1) is 13.4. The molecule has 0 unspecified atom stereocenters. The molecule has 2 N–H and O–H groups in total. The van der Waals surface area contributed by atoms with E-state index in [0.29, 0.717) is 11.0 Å². The van der Waals surface area contributed by atoms with Gasteiger partial charge in [-0.15, -0.1) is 10.2 Å². The molecule has 0 atom stereocenters. The summed E-state index contributed by atoms with van der Waals surface area (Å²) in [6.07, 6.45) is 2.19. The first-order valence-electron chi connectivity index (χ1n) is 8.44. The van der Waals surface area contributed by atoms with Gasteiger partial charge in [-0.25, -0.2) is 12.8 Å². The van der Waals surface area contributed by atoms with Crippen molar-refractivity contribution in [3.63, 3.8) is 0 Å². The van der Waals surface area contributed by atoms with Crippen LogP contribution in [0.4, 0.5) is 15.2 Å². The molecule has 3 aromatic rings. The van der Waals surface area contributed by atoms with Gasteiger partial charge in [-0.05, 0) is 49.2 Å². The lowest BCUT2D eigenvalue weighted by atomic mass is 10.2. The molecule has 2 aromatic carbocycles. The lowest BCUT2D eigenvalue weighted by Gasteiger charge is -2.09. The van der Waals surface area contributed by atoms with Gasteiger partial charge in [-0.1, -0.05) is 23.5 Å². The first kappa shape index (κ1) is 18.5. The Kier molecular flexibility index (Phi) is 4.82. The molecule has 0 aliphatic heterocycles. The Morgan fingerprint density at radius 1 is 1.07 bits per heavy atom. The molecule has 1 heterocycles. The Morgan fingerprint density at radius 2 is 1.79 bits per heavy atom. The Bertz CT molecular complexity index is 1130. The fourth-order valence-electron chi connectivity index (χ4n) is 2.48. The minimum absolute atomic E-state index is 0.0840. The maximum atomic E-state index is 13.7. The number of nitrogens with one attached hydrogen (secondary N) is 2. The standard InChI is InChI=1S/C18H15FN4O3S2/c19-14-3-1-2-4-15(14)23-28(25,26)13-9-7-11(8-10-13)16(24)20-18-22-21-17(27-18)12-5-6-12/h1-4,7-10,12,23H,5-6H2,(H,20,22,24). The quantitative estimate of drug-likeness (QED) is 0.637. The molecule has 1 aliphatic rings. The van der Waals surface area contributed by atoms with Gasteiger partial charge in [0.1, 0.15) is 10.8 Å². The van der Waals surface area contributed by atoms with Crippen LogP contribution in [-0.4, -0.2) is 24.5 Å². The molecule has 28 heavy (non-hydrogen) atoms. The third kappa shape index (κ3) is 4.02. The van der Waals surface area contributed by atoms with E-state index in [-0.39, 0.29) is 16.1 Å². The Morgan fingerprint density at radius 3 is 2.46 bits per heavy atom. The van der Waals surface area contributed by atoms with Gasteiger partial charge in [0.15, 0.2) is 0 Å². The zero-order valence-corrected chi connectivity index (χ0v) is 16.1. The highest BCUT2D eigenvalue weighted by molar-refractivity contribution is 7.92. The molecule has 7 nitrogen and oxygen atoms in total. The van der Waals surface area contributed by atoms with E-state index in [1.165, 1.54) is 53.8 Å². The van der Waals surface area contributed by atoms with Crippen LogP contribution in [0.5, 0.6) is 0 Å². The van der Waals surface area contributed by atoms with Crippen molar-refractivity contribution >= 4 is 38.1 Å². The maximum Gasteiger partial charge on any atom is 0.261 e. The molecule has 0 radical (unpaired) electrons. The minimum atomic E-state index is -3.98. The van der Waals surface area contributed by atoms with Gasteiger partial charge in [0, 0.05) is 11.5 Å². The van der Waals surface area contributed by atoms with Crippen LogP contribution >= 0.6 is 11.3 Å². The summed E-state index contributed by atoms with van der Waals surface area (Å²) < 4.78 is 40.7. The number of para-hydroxylation sites is 1. The van der Waals surface area contributed by atoms with Crippen LogP contribution < -0.4 is 10.0 Å². The summed E-state index contributed by atoms with van der Waals surface area (Å²) >= 11 is 1.34. The lowest BCUT2D eigenvalue weighted by molar-refractivity contribution is 0.102. The van der Waals surface area contributed by atoms with Crippen LogP contribution in [0.3, 0.4) is 0 Å². The Balaban J connectivity index is 1.46. The van der Waals surface area contributed by atoms with Crippen LogP contribution in [0.25, 0.3) is 0 Å². The van der Waals surface area contributed by atoms with Crippen molar-refractivity contribution in [2.75, 3.05) is 10.0 Å². The number of rotatable bonds is 6. The molecule has 1 fully saturated rings. The second-order valence-electron chi connectivity index (χ2n) is 6.28. The summed E-state index contributed by atoms with van der Waals surface area (Å²) in [5.74, 6) is -0.635. The number of sulfonamides is 1. The number of amides is 1. The summed E-state index contributed by atoms with van der Waals surface area (Å²) in [5.41, 5.74) is 0.125. The molecule has 1 aromatic heterocycles. The van der Waals surface area contributed by atoms with Crippen molar-refractivity contribution in [2.45, 2.75) is 23.7 Å². The Labute approximate surface area is 164 Å². The van der Waals surface area contributed by atoms with E-state index in [1.807, 2.05) is 0 Å². The predicted molar refractivity (Wildman–Crippen MR) is 103 cm³/mol. The van der Waals surface area contributed by atoms with Crippen molar-refractivity contribution in [3.05, 3.63) is 64.9 Å². The number of halogens is 1. The SMILES string of the molecule is O=C(Nc1nnc(C2CC2)s1)c1ccc(S(=O)(=O)Nc2ccccc2F)cc1. The number of benzene rings is 2. The molecule has 1 aliphatic carbocycles. The molecule has 0 saturated heterocycles. The number of anilines is 2. The highest BCUT2D eigenvalue weighted by atomic mass is 32.2. The van der Waals surface area contributed by atoms with Gasteiger partial charge in [0.05, 0.1) is 10.6 Å². The van der Waals surface area contributed by atoms with E-state index in [2.05, 4.69) is 20.2 Å². The highest BCUT2D eigenvalue weighted by Gasteiger charge is 2.27. The third-order valence-corrected chi connectivity index (χ3v) is 6.52. The number of carbonyl (C=O) groups is 1. The molecule has 10 heteroatoms. The number of hydrogen-bond donors (Lipinski definition) is 2. The zero-order valence-electron chi connectivity index (χ0n) is 14.4. The van der Waals surface area contributed by atoms with E-state index in [0.717, 1.165) is 23.9 Å². The van der Waals surface area contributed by atoms with Crippen molar-refractivity contribution in [1.29, 1.82) is 0 Å². The topological polar surface area (TPSA) is 101 Å². The third-order valence-electron chi connectivity index (χ3n) is 4.13. The van der Waals surface area contributed by atoms with Crippen LogP contribution in [0, 0.1) is 5.82 Å². The fourth-order valence-corrected chi connectivity index (χ4v) is 4.46. The molecular weight excluding hydrogens is 403 g/mol. The summed E-state index contributed by atoms with van der Waals surface area (Å²) in [6, 6.07) is 10.8. The van der Waals surface area contributed by atoms with Gasteiger partial charge in [0.25, 0.3) is 15.9 Å². The number of aromatic nitrogens is 2. The van der Waals surface area contributed by atoms with Crippen molar-refractivity contribution < 1.29 is 17.6 Å². The monoisotopic (exact) mass is 418 g/mol. The smallest absolute Gasteiger partial charge is 0.261 e. The van der Waals surface area contributed by atoms with Gasteiger partial charge in [-0.2, -0.15) is 0 Å². The van der Waals surface area contributed by atoms with Gasteiger partial charge >= 0.3 is 0 Å². The largest absolute Gasteiger partial charge is 0.296 e. The average molecular weight is 418 g/mol. The predicted octanol–water partition coefficient (Wildman–Crippen LogP) is 3.61. The summed E-state index contributed by atoms with van der Waals surface area (Å²) in [5, 5.41) is 12.0. The van der Waals surface area contributed by atoms with Gasteiger partial charge < -0.3 is 0 Å². The normalized spacial score (nSPS) is 13.9. The van der Waals surface area contributed by atoms with E-state index in [4.69, 9.17) is 0 Å². The van der Waals surface area contributed by atoms with Crippen molar-refractivity contribution in [1.82, 2.24) is 10.2 Å². The highest BCUT2D eigenvalue weighted by Crippen LogP contribution is 2.42. The number of hydrogen-bond acceptors (Lipinski definition) is 6. The second-order valence-corrected chi connectivity index (χ2v) is 8.98. The van der Waals surface area contributed by atoms with Crippen LogP contribution in [-0.2, 0) is 10.0 Å². The zero-order chi connectivity index (χ0) is 19.7. The number of nitrogens with zero attached hydrogens (tertiary/aromatic N) is 2.